The van der Waals surface area contributed by atoms with Crippen LogP contribution in [0, 0.1) is 0 Å². The predicted molar refractivity (Wildman–Crippen MR) is 70.1 cm³/mol. The quantitative estimate of drug-likeness (QED) is 0.932. The highest BCUT2D eigenvalue weighted by molar-refractivity contribution is 9.10. The van der Waals surface area contributed by atoms with Crippen LogP contribution < -0.4 is 5.32 Å². The van der Waals surface area contributed by atoms with Gasteiger partial charge in [0.25, 0.3) is 5.91 Å². The minimum absolute atomic E-state index is 0.0470. The van der Waals surface area contributed by atoms with Gasteiger partial charge in [-0.1, -0.05) is 15.9 Å². The van der Waals surface area contributed by atoms with E-state index in [0.29, 0.717) is 12.1 Å². The maximum Gasteiger partial charge on any atom is 0.251 e. The lowest BCUT2D eigenvalue weighted by atomic mass is 10.0. The molecule has 17 heavy (non-hydrogen) atoms. The summed E-state index contributed by atoms with van der Waals surface area (Å²) in [5.74, 6) is -0.0470. The number of ether oxygens (including phenoxy) is 1. The standard InChI is InChI=1S/C13H16BrNO2/c1-13(7-2-8-17-13)9-15-12(16)10-3-5-11(14)6-4-10/h3-6H,2,7-9H2,1H3,(H,15,16). The molecule has 1 aromatic carbocycles. The van der Waals surface area contributed by atoms with Gasteiger partial charge < -0.3 is 10.1 Å². The maximum absolute atomic E-state index is 11.9. The van der Waals surface area contributed by atoms with Crippen molar-refractivity contribution in [2.75, 3.05) is 13.2 Å². The molecule has 1 aliphatic rings. The zero-order valence-corrected chi connectivity index (χ0v) is 11.4. The van der Waals surface area contributed by atoms with Crippen molar-refractivity contribution >= 4 is 21.8 Å². The number of nitrogens with one attached hydrogen (secondary N) is 1. The first-order valence-corrected chi connectivity index (χ1v) is 6.56. The van der Waals surface area contributed by atoms with E-state index >= 15 is 0 Å². The molecule has 1 atom stereocenters. The second kappa shape index (κ2) is 5.19. The average molecular weight is 298 g/mol. The largest absolute Gasteiger partial charge is 0.373 e. The van der Waals surface area contributed by atoms with Crippen molar-refractivity contribution in [1.29, 1.82) is 0 Å². The van der Waals surface area contributed by atoms with Gasteiger partial charge >= 0.3 is 0 Å². The summed E-state index contributed by atoms with van der Waals surface area (Å²) in [5, 5.41) is 2.92. The van der Waals surface area contributed by atoms with Crippen LogP contribution in [-0.4, -0.2) is 24.7 Å². The summed E-state index contributed by atoms with van der Waals surface area (Å²) in [6.07, 6.45) is 2.08. The number of rotatable bonds is 3. The van der Waals surface area contributed by atoms with Gasteiger partial charge in [0.15, 0.2) is 0 Å². The normalized spacial score (nSPS) is 23.6. The van der Waals surface area contributed by atoms with Gasteiger partial charge in [-0.3, -0.25) is 4.79 Å². The summed E-state index contributed by atoms with van der Waals surface area (Å²) in [4.78, 5) is 11.9. The number of benzene rings is 1. The molecule has 1 aliphatic heterocycles. The summed E-state index contributed by atoms with van der Waals surface area (Å²) < 4.78 is 6.60. The third-order valence-electron chi connectivity index (χ3n) is 3.03. The predicted octanol–water partition coefficient (Wildman–Crippen LogP) is 2.75. The van der Waals surface area contributed by atoms with E-state index in [-0.39, 0.29) is 11.5 Å². The minimum atomic E-state index is -0.189. The van der Waals surface area contributed by atoms with Crippen molar-refractivity contribution in [3.8, 4) is 0 Å². The highest BCUT2D eigenvalue weighted by Crippen LogP contribution is 2.24. The Morgan fingerprint density at radius 2 is 2.18 bits per heavy atom. The highest BCUT2D eigenvalue weighted by atomic mass is 79.9. The Bertz CT molecular complexity index is 396. The highest BCUT2D eigenvalue weighted by Gasteiger charge is 2.30. The molecule has 0 bridgehead atoms. The summed E-state index contributed by atoms with van der Waals surface area (Å²) in [5.41, 5.74) is 0.486. The molecule has 0 saturated carbocycles. The Kier molecular flexibility index (Phi) is 3.84. The monoisotopic (exact) mass is 297 g/mol. The molecular formula is C13H16BrNO2. The van der Waals surface area contributed by atoms with Gasteiger partial charge in [0.05, 0.1) is 5.60 Å². The molecule has 1 saturated heterocycles. The third-order valence-corrected chi connectivity index (χ3v) is 3.56. The number of carbonyl (C=O) groups excluding carboxylic acids is 1. The molecule has 1 fully saturated rings. The molecule has 0 aromatic heterocycles. The van der Waals surface area contributed by atoms with Crippen molar-refractivity contribution in [2.24, 2.45) is 0 Å². The Morgan fingerprint density at radius 3 is 2.76 bits per heavy atom. The molecule has 92 valence electrons. The average Bonchev–Trinajstić information content (AvgIpc) is 2.75. The van der Waals surface area contributed by atoms with Gasteiger partial charge in [0.2, 0.25) is 0 Å². The maximum atomic E-state index is 11.9. The number of hydrogen-bond donors (Lipinski definition) is 1. The van der Waals surface area contributed by atoms with E-state index in [1.54, 1.807) is 12.1 Å². The molecule has 2 rings (SSSR count). The fourth-order valence-corrected chi connectivity index (χ4v) is 2.21. The van der Waals surface area contributed by atoms with E-state index in [0.717, 1.165) is 23.9 Å². The van der Waals surface area contributed by atoms with Gasteiger partial charge in [-0.25, -0.2) is 0 Å². The van der Waals surface area contributed by atoms with Gasteiger partial charge in [-0.15, -0.1) is 0 Å². The lowest BCUT2D eigenvalue weighted by Gasteiger charge is -2.23. The Morgan fingerprint density at radius 1 is 1.47 bits per heavy atom. The molecule has 1 aromatic rings. The van der Waals surface area contributed by atoms with Crippen molar-refractivity contribution in [2.45, 2.75) is 25.4 Å². The van der Waals surface area contributed by atoms with Gasteiger partial charge in [-0.2, -0.15) is 0 Å². The molecular weight excluding hydrogens is 282 g/mol. The summed E-state index contributed by atoms with van der Waals surface area (Å²) in [7, 11) is 0. The van der Waals surface area contributed by atoms with Crippen LogP contribution in [0.5, 0.6) is 0 Å². The third kappa shape index (κ3) is 3.30. The second-order valence-electron chi connectivity index (χ2n) is 4.59. The molecule has 1 amide bonds. The van der Waals surface area contributed by atoms with E-state index in [2.05, 4.69) is 21.2 Å². The van der Waals surface area contributed by atoms with Gasteiger partial charge in [0, 0.05) is 23.2 Å². The molecule has 0 spiro atoms. The molecule has 1 heterocycles. The first kappa shape index (κ1) is 12.6. The first-order valence-electron chi connectivity index (χ1n) is 5.77. The molecule has 3 nitrogen and oxygen atoms in total. The zero-order valence-electron chi connectivity index (χ0n) is 9.83. The topological polar surface area (TPSA) is 38.3 Å². The molecule has 1 unspecified atom stereocenters. The number of carbonyl (C=O) groups is 1. The zero-order chi connectivity index (χ0) is 12.3. The fraction of sp³-hybridized carbons (Fsp3) is 0.462. The lowest BCUT2D eigenvalue weighted by molar-refractivity contribution is 0.0206. The van der Waals surface area contributed by atoms with Crippen molar-refractivity contribution < 1.29 is 9.53 Å². The summed E-state index contributed by atoms with van der Waals surface area (Å²) in [6.45, 7) is 3.41. The van der Waals surface area contributed by atoms with Crippen LogP contribution in [0.4, 0.5) is 0 Å². The first-order chi connectivity index (χ1) is 8.09. The minimum Gasteiger partial charge on any atom is -0.373 e. The van der Waals surface area contributed by atoms with E-state index in [9.17, 15) is 4.79 Å². The molecule has 4 heteroatoms. The van der Waals surface area contributed by atoms with E-state index in [1.165, 1.54) is 0 Å². The molecule has 0 radical (unpaired) electrons. The Hall–Kier alpha value is -0.870. The van der Waals surface area contributed by atoms with Crippen LogP contribution in [0.2, 0.25) is 0 Å². The van der Waals surface area contributed by atoms with Crippen LogP contribution in [0.25, 0.3) is 0 Å². The smallest absolute Gasteiger partial charge is 0.251 e. The van der Waals surface area contributed by atoms with E-state index < -0.39 is 0 Å². The van der Waals surface area contributed by atoms with Crippen LogP contribution in [0.1, 0.15) is 30.1 Å². The van der Waals surface area contributed by atoms with Gasteiger partial charge in [-0.05, 0) is 44.0 Å². The lowest BCUT2D eigenvalue weighted by Crippen LogP contribution is -2.40. The van der Waals surface area contributed by atoms with Crippen molar-refractivity contribution in [1.82, 2.24) is 5.32 Å². The SMILES string of the molecule is CC1(CNC(=O)c2ccc(Br)cc2)CCCO1. The van der Waals surface area contributed by atoms with Crippen LogP contribution in [0.15, 0.2) is 28.7 Å². The summed E-state index contributed by atoms with van der Waals surface area (Å²) >= 11 is 3.34. The van der Waals surface area contributed by atoms with Crippen LogP contribution in [0.3, 0.4) is 0 Å². The Balaban J connectivity index is 1.91. The Labute approximate surface area is 110 Å². The second-order valence-corrected chi connectivity index (χ2v) is 5.51. The number of halogens is 1. The van der Waals surface area contributed by atoms with E-state index in [1.807, 2.05) is 19.1 Å². The number of amides is 1. The van der Waals surface area contributed by atoms with Gasteiger partial charge in [0.1, 0.15) is 0 Å². The number of hydrogen-bond acceptors (Lipinski definition) is 2. The van der Waals surface area contributed by atoms with E-state index in [4.69, 9.17) is 4.74 Å². The van der Waals surface area contributed by atoms with Crippen molar-refractivity contribution in [3.05, 3.63) is 34.3 Å². The summed E-state index contributed by atoms with van der Waals surface area (Å²) in [6, 6.07) is 7.33. The van der Waals surface area contributed by atoms with Crippen LogP contribution in [-0.2, 0) is 4.74 Å². The van der Waals surface area contributed by atoms with Crippen molar-refractivity contribution in [3.63, 3.8) is 0 Å². The molecule has 1 N–H and O–H groups in total. The molecule has 0 aliphatic carbocycles. The van der Waals surface area contributed by atoms with Crippen LogP contribution >= 0.6 is 15.9 Å². The fourth-order valence-electron chi connectivity index (χ4n) is 1.95.